The fraction of sp³-hybridized carbons (Fsp3) is 0.950. The van der Waals surface area contributed by atoms with Crippen LogP contribution in [0.1, 0.15) is 111 Å². The Morgan fingerprint density at radius 1 is 0.650 bits per heavy atom. The van der Waals surface area contributed by atoms with Gasteiger partial charge in [-0.15, -0.1) is 0 Å². The maximum atomic E-state index is 2.67. The van der Waals surface area contributed by atoms with Gasteiger partial charge in [-0.1, -0.05) is 111 Å². The van der Waals surface area contributed by atoms with Crippen LogP contribution in [0.15, 0.2) is 0 Å². The Bertz CT molecular complexity index is 173. The summed E-state index contributed by atoms with van der Waals surface area (Å²) < 4.78 is 0. The summed E-state index contributed by atoms with van der Waals surface area (Å²) in [4.78, 5) is 0. The lowest BCUT2D eigenvalue weighted by molar-refractivity contribution is 0.421. The molecule has 0 aliphatic carbocycles. The highest BCUT2D eigenvalue weighted by molar-refractivity contribution is 4.80. The largest absolute Gasteiger partial charge is 0.0654 e. The van der Waals surface area contributed by atoms with Gasteiger partial charge in [0.1, 0.15) is 0 Å². The van der Waals surface area contributed by atoms with Gasteiger partial charge in [0.05, 0.1) is 0 Å². The molecule has 0 heterocycles. The van der Waals surface area contributed by atoms with Crippen LogP contribution in [0.5, 0.6) is 0 Å². The molecule has 0 nitrogen and oxygen atoms in total. The Morgan fingerprint density at radius 3 is 1.65 bits per heavy atom. The predicted molar refractivity (Wildman–Crippen MR) is 94.0 cm³/mol. The predicted octanol–water partition coefficient (Wildman–Crippen LogP) is 7.57. The van der Waals surface area contributed by atoms with Crippen molar-refractivity contribution in [2.75, 3.05) is 0 Å². The van der Waals surface area contributed by atoms with Crippen LogP contribution in [0.4, 0.5) is 0 Å². The van der Waals surface area contributed by atoms with Crippen molar-refractivity contribution in [1.82, 2.24) is 0 Å². The van der Waals surface area contributed by atoms with E-state index in [4.69, 9.17) is 0 Å². The summed E-state index contributed by atoms with van der Waals surface area (Å²) in [6, 6.07) is 0. The van der Waals surface area contributed by atoms with Crippen molar-refractivity contribution < 1.29 is 0 Å². The Morgan fingerprint density at radius 2 is 1.15 bits per heavy atom. The summed E-state index contributed by atoms with van der Waals surface area (Å²) in [7, 11) is 0. The smallest absolute Gasteiger partial charge is 0.0327 e. The van der Waals surface area contributed by atoms with E-state index in [0.717, 1.165) is 11.8 Å². The molecule has 2 unspecified atom stereocenters. The summed E-state index contributed by atoms with van der Waals surface area (Å²) in [6.45, 7) is 9.38. The van der Waals surface area contributed by atoms with Crippen molar-refractivity contribution in [3.8, 4) is 0 Å². The van der Waals surface area contributed by atoms with Crippen molar-refractivity contribution in [1.29, 1.82) is 0 Å². The molecule has 0 heteroatoms. The van der Waals surface area contributed by atoms with Crippen molar-refractivity contribution in [2.24, 2.45) is 11.8 Å². The van der Waals surface area contributed by atoms with Crippen LogP contribution < -0.4 is 0 Å². The lowest BCUT2D eigenvalue weighted by atomic mass is 9.86. The second kappa shape index (κ2) is 15.4. The number of unbranched alkanes of at least 4 members (excludes halogenated alkanes) is 8. The zero-order chi connectivity index (χ0) is 15.1. The highest BCUT2D eigenvalue weighted by Crippen LogP contribution is 2.24. The zero-order valence-electron chi connectivity index (χ0n) is 14.9. The van der Waals surface area contributed by atoms with E-state index in [9.17, 15) is 0 Å². The van der Waals surface area contributed by atoms with Gasteiger partial charge in [-0.05, 0) is 18.3 Å². The third-order valence-corrected chi connectivity index (χ3v) is 4.57. The summed E-state index contributed by atoms with van der Waals surface area (Å²) in [5, 5.41) is 0. The third-order valence-electron chi connectivity index (χ3n) is 4.57. The van der Waals surface area contributed by atoms with E-state index in [1.165, 1.54) is 83.5 Å². The highest BCUT2D eigenvalue weighted by Gasteiger charge is 2.11. The molecule has 0 aromatic carbocycles. The lowest BCUT2D eigenvalue weighted by Gasteiger charge is -2.19. The average molecular weight is 282 g/mol. The molecule has 1 radical (unpaired) electrons. The summed E-state index contributed by atoms with van der Waals surface area (Å²) in [6.07, 6.45) is 21.1. The van der Waals surface area contributed by atoms with Crippen LogP contribution in [0.25, 0.3) is 0 Å². The molecule has 0 aliphatic rings. The first-order valence-electron chi connectivity index (χ1n) is 9.59. The van der Waals surface area contributed by atoms with Crippen LogP contribution in [0, 0.1) is 18.3 Å². The van der Waals surface area contributed by atoms with Crippen molar-refractivity contribution in [3.05, 3.63) is 6.42 Å². The summed E-state index contributed by atoms with van der Waals surface area (Å²) in [5.74, 6) is 1.71. The third kappa shape index (κ3) is 13.0. The molecular formula is C20H41. The normalized spacial score (nSPS) is 14.4. The number of hydrogen-bond donors (Lipinski definition) is 0. The molecule has 0 rings (SSSR count). The first-order valence-corrected chi connectivity index (χ1v) is 9.59. The van der Waals surface area contributed by atoms with Crippen molar-refractivity contribution in [3.63, 3.8) is 0 Å². The van der Waals surface area contributed by atoms with E-state index in [1.807, 2.05) is 0 Å². The van der Waals surface area contributed by atoms with Crippen LogP contribution in [0.3, 0.4) is 0 Å². The average Bonchev–Trinajstić information content (AvgIpc) is 2.45. The molecule has 0 aromatic rings. The van der Waals surface area contributed by atoms with E-state index in [1.54, 1.807) is 0 Å². The van der Waals surface area contributed by atoms with Gasteiger partial charge >= 0.3 is 0 Å². The monoisotopic (exact) mass is 281 g/mol. The molecule has 20 heavy (non-hydrogen) atoms. The molecule has 0 spiro atoms. The van der Waals surface area contributed by atoms with Gasteiger partial charge in [-0.2, -0.15) is 0 Å². The lowest BCUT2D eigenvalue weighted by Crippen LogP contribution is -2.07. The molecule has 121 valence electrons. The van der Waals surface area contributed by atoms with Gasteiger partial charge in [-0.3, -0.25) is 0 Å². The quantitative estimate of drug-likeness (QED) is 0.271. The molecule has 2 atom stereocenters. The molecule has 0 aliphatic heterocycles. The summed E-state index contributed by atoms with van der Waals surface area (Å²) in [5.41, 5.74) is 0. The standard InChI is InChI=1S/C20H41/c1-5-8-10-12-14-16-19(4)18-20(7-3)17-15-13-11-9-6-2/h18-20H,5-17H2,1-4H3. The zero-order valence-corrected chi connectivity index (χ0v) is 14.9. The first-order chi connectivity index (χ1) is 9.74. The van der Waals surface area contributed by atoms with Gasteiger partial charge in [0.25, 0.3) is 0 Å². The molecule has 0 aromatic heterocycles. The number of hydrogen-bond acceptors (Lipinski definition) is 0. The Labute approximate surface area is 130 Å². The van der Waals surface area contributed by atoms with Gasteiger partial charge in [0, 0.05) is 0 Å². The van der Waals surface area contributed by atoms with Gasteiger partial charge in [-0.25, -0.2) is 0 Å². The van der Waals surface area contributed by atoms with Gasteiger partial charge in [0.2, 0.25) is 0 Å². The van der Waals surface area contributed by atoms with Crippen molar-refractivity contribution >= 4 is 0 Å². The fourth-order valence-electron chi connectivity index (χ4n) is 3.08. The topological polar surface area (TPSA) is 0 Å². The maximum Gasteiger partial charge on any atom is -0.0327 e. The highest BCUT2D eigenvalue weighted by atomic mass is 14.2. The Kier molecular flexibility index (Phi) is 15.4. The van der Waals surface area contributed by atoms with Crippen LogP contribution in [-0.4, -0.2) is 0 Å². The minimum absolute atomic E-state index is 0.831. The van der Waals surface area contributed by atoms with Crippen LogP contribution >= 0.6 is 0 Å². The fourth-order valence-corrected chi connectivity index (χ4v) is 3.08. The minimum Gasteiger partial charge on any atom is -0.0654 e. The van der Waals surface area contributed by atoms with E-state index in [2.05, 4.69) is 34.1 Å². The molecule has 0 fully saturated rings. The second-order valence-electron chi connectivity index (χ2n) is 6.74. The maximum absolute atomic E-state index is 2.67. The molecule has 0 bridgehead atoms. The van der Waals surface area contributed by atoms with E-state index >= 15 is 0 Å². The SMILES string of the molecule is CCCCCCCC(C)[CH]C(CC)CCCCCCC. The molecule has 0 saturated heterocycles. The van der Waals surface area contributed by atoms with Crippen LogP contribution in [-0.2, 0) is 0 Å². The van der Waals surface area contributed by atoms with E-state index in [0.29, 0.717) is 0 Å². The molecule has 0 N–H and O–H groups in total. The minimum atomic E-state index is 0.831. The van der Waals surface area contributed by atoms with Crippen LogP contribution in [0.2, 0.25) is 0 Å². The second-order valence-corrected chi connectivity index (χ2v) is 6.74. The number of rotatable bonds is 15. The first kappa shape index (κ1) is 20.0. The van der Waals surface area contributed by atoms with Gasteiger partial charge < -0.3 is 0 Å². The molecule has 0 saturated carbocycles. The molecule has 0 amide bonds. The Balaban J connectivity index is 3.54. The van der Waals surface area contributed by atoms with Crippen molar-refractivity contribution in [2.45, 2.75) is 111 Å². The Hall–Kier alpha value is 0. The van der Waals surface area contributed by atoms with Gasteiger partial charge in [0.15, 0.2) is 0 Å². The molecular weight excluding hydrogens is 240 g/mol. The summed E-state index contributed by atoms with van der Waals surface area (Å²) >= 11 is 0. The van der Waals surface area contributed by atoms with E-state index in [-0.39, 0.29) is 0 Å². The van der Waals surface area contributed by atoms with E-state index < -0.39 is 0 Å².